The molecule has 0 saturated carbocycles. The molecule has 4 nitrogen and oxygen atoms in total. The minimum atomic E-state index is -4.00. The van der Waals surface area contributed by atoms with Crippen LogP contribution in [0.5, 0.6) is 0 Å². The standard InChI is InChI=1S/C10H11F3N2O2S/c11-7-1-2-10(9(13)5-7)14-18(16,17)15-4-3-8(12)6-15/h1-2,5,8,14H,3-4,6H2/t8-/m1/s1. The third-order valence-corrected chi connectivity index (χ3v) is 4.09. The second kappa shape index (κ2) is 4.77. The monoisotopic (exact) mass is 280 g/mol. The Morgan fingerprint density at radius 3 is 2.61 bits per heavy atom. The molecule has 0 radical (unpaired) electrons. The summed E-state index contributed by atoms with van der Waals surface area (Å²) < 4.78 is 65.3. The summed E-state index contributed by atoms with van der Waals surface area (Å²) in [7, 11) is -4.00. The van der Waals surface area contributed by atoms with Gasteiger partial charge in [-0.25, -0.2) is 13.2 Å². The number of nitrogens with one attached hydrogen (secondary N) is 1. The number of rotatable bonds is 3. The summed E-state index contributed by atoms with van der Waals surface area (Å²) in [4.78, 5) is 0. The van der Waals surface area contributed by atoms with Gasteiger partial charge in [-0.3, -0.25) is 4.72 Å². The first-order chi connectivity index (χ1) is 8.38. The van der Waals surface area contributed by atoms with Crippen LogP contribution in [0.1, 0.15) is 6.42 Å². The van der Waals surface area contributed by atoms with E-state index in [-0.39, 0.29) is 25.2 Å². The summed E-state index contributed by atoms with van der Waals surface area (Å²) in [5.74, 6) is -1.82. The Kier molecular flexibility index (Phi) is 3.49. The smallest absolute Gasteiger partial charge is 0.268 e. The van der Waals surface area contributed by atoms with Crippen molar-refractivity contribution in [1.29, 1.82) is 0 Å². The van der Waals surface area contributed by atoms with Gasteiger partial charge in [-0.2, -0.15) is 12.7 Å². The van der Waals surface area contributed by atoms with Crippen LogP contribution in [0.25, 0.3) is 0 Å². The fourth-order valence-corrected chi connectivity index (χ4v) is 2.96. The van der Waals surface area contributed by atoms with Gasteiger partial charge in [-0.1, -0.05) is 0 Å². The van der Waals surface area contributed by atoms with Gasteiger partial charge in [0.2, 0.25) is 0 Å². The van der Waals surface area contributed by atoms with Gasteiger partial charge in [-0.05, 0) is 18.6 Å². The molecule has 1 saturated heterocycles. The number of halogens is 3. The maximum atomic E-state index is 13.3. The number of alkyl halides is 1. The Labute approximate surface area is 103 Å². The van der Waals surface area contributed by atoms with Crippen LogP contribution in [0.4, 0.5) is 18.9 Å². The van der Waals surface area contributed by atoms with E-state index in [0.717, 1.165) is 16.4 Å². The Balaban J connectivity index is 2.17. The quantitative estimate of drug-likeness (QED) is 0.915. The zero-order chi connectivity index (χ0) is 13.3. The van der Waals surface area contributed by atoms with Crippen LogP contribution in [0.3, 0.4) is 0 Å². The molecule has 0 aliphatic carbocycles. The maximum Gasteiger partial charge on any atom is 0.301 e. The van der Waals surface area contributed by atoms with Crippen molar-refractivity contribution in [3.8, 4) is 0 Å². The van der Waals surface area contributed by atoms with Gasteiger partial charge < -0.3 is 0 Å². The number of hydrogen-bond donors (Lipinski definition) is 1. The molecule has 0 spiro atoms. The third kappa shape index (κ3) is 2.75. The van der Waals surface area contributed by atoms with E-state index in [4.69, 9.17) is 0 Å². The SMILES string of the molecule is O=S(=O)(Nc1ccc(F)cc1F)N1CC[C@@H](F)C1. The van der Waals surface area contributed by atoms with Gasteiger partial charge in [0.1, 0.15) is 17.8 Å². The highest BCUT2D eigenvalue weighted by atomic mass is 32.2. The second-order valence-electron chi connectivity index (χ2n) is 3.98. The molecule has 1 N–H and O–H groups in total. The van der Waals surface area contributed by atoms with Gasteiger partial charge in [0, 0.05) is 19.2 Å². The molecule has 1 fully saturated rings. The lowest BCUT2D eigenvalue weighted by Gasteiger charge is -2.17. The highest BCUT2D eigenvalue weighted by Crippen LogP contribution is 2.21. The van der Waals surface area contributed by atoms with Crippen molar-refractivity contribution in [2.75, 3.05) is 17.8 Å². The number of benzene rings is 1. The average molecular weight is 280 g/mol. The molecule has 0 aromatic heterocycles. The fourth-order valence-electron chi connectivity index (χ4n) is 1.68. The molecule has 1 aromatic rings. The highest BCUT2D eigenvalue weighted by Gasteiger charge is 2.31. The summed E-state index contributed by atoms with van der Waals surface area (Å²) in [6.45, 7) is -0.211. The first-order valence-corrected chi connectivity index (χ1v) is 6.69. The van der Waals surface area contributed by atoms with Gasteiger partial charge >= 0.3 is 10.2 Å². The molecule has 0 amide bonds. The molecular weight excluding hydrogens is 269 g/mol. The summed E-state index contributed by atoms with van der Waals surface area (Å²) in [6, 6.07) is 2.48. The molecule has 1 heterocycles. The van der Waals surface area contributed by atoms with Crippen LogP contribution in [0, 0.1) is 11.6 Å². The van der Waals surface area contributed by atoms with Crippen LogP contribution in [0.2, 0.25) is 0 Å². The van der Waals surface area contributed by atoms with Crippen molar-refractivity contribution in [2.24, 2.45) is 0 Å². The molecule has 0 bridgehead atoms. The van der Waals surface area contributed by atoms with Crippen molar-refractivity contribution in [1.82, 2.24) is 4.31 Å². The van der Waals surface area contributed by atoms with Crippen molar-refractivity contribution in [3.05, 3.63) is 29.8 Å². The Hall–Kier alpha value is -1.28. The topological polar surface area (TPSA) is 49.4 Å². The van der Waals surface area contributed by atoms with E-state index in [1.807, 2.05) is 4.72 Å². The lowest BCUT2D eigenvalue weighted by atomic mass is 10.3. The Morgan fingerprint density at radius 1 is 1.33 bits per heavy atom. The van der Waals surface area contributed by atoms with E-state index in [9.17, 15) is 21.6 Å². The van der Waals surface area contributed by atoms with Crippen LogP contribution in [-0.2, 0) is 10.2 Å². The van der Waals surface area contributed by atoms with E-state index in [1.165, 1.54) is 0 Å². The minimum absolute atomic E-state index is 0.0410. The molecule has 1 aromatic carbocycles. The molecular formula is C10H11F3N2O2S. The second-order valence-corrected chi connectivity index (χ2v) is 5.65. The predicted octanol–water partition coefficient (Wildman–Crippen LogP) is 1.67. The molecule has 1 aliphatic heterocycles. The van der Waals surface area contributed by atoms with E-state index in [0.29, 0.717) is 6.07 Å². The van der Waals surface area contributed by atoms with Crippen molar-refractivity contribution in [3.63, 3.8) is 0 Å². The summed E-state index contributed by atoms with van der Waals surface area (Å²) >= 11 is 0. The van der Waals surface area contributed by atoms with Crippen molar-refractivity contribution in [2.45, 2.75) is 12.6 Å². The van der Waals surface area contributed by atoms with Crippen LogP contribution in [-0.4, -0.2) is 32.0 Å². The van der Waals surface area contributed by atoms with Gasteiger partial charge in [0.05, 0.1) is 5.69 Å². The lowest BCUT2D eigenvalue weighted by molar-refractivity contribution is 0.343. The summed E-state index contributed by atoms with van der Waals surface area (Å²) in [5.41, 5.74) is -0.362. The Morgan fingerprint density at radius 2 is 2.06 bits per heavy atom. The van der Waals surface area contributed by atoms with E-state index < -0.39 is 28.0 Å². The number of anilines is 1. The van der Waals surface area contributed by atoms with Crippen molar-refractivity contribution < 1.29 is 21.6 Å². The molecule has 18 heavy (non-hydrogen) atoms. The third-order valence-electron chi connectivity index (χ3n) is 2.60. The molecule has 8 heteroatoms. The van der Waals surface area contributed by atoms with Crippen LogP contribution >= 0.6 is 0 Å². The van der Waals surface area contributed by atoms with Crippen LogP contribution < -0.4 is 4.72 Å². The van der Waals surface area contributed by atoms with E-state index in [1.54, 1.807) is 0 Å². The van der Waals surface area contributed by atoms with Crippen LogP contribution in [0.15, 0.2) is 18.2 Å². The zero-order valence-electron chi connectivity index (χ0n) is 9.24. The largest absolute Gasteiger partial charge is 0.301 e. The van der Waals surface area contributed by atoms with Gasteiger partial charge in [-0.15, -0.1) is 0 Å². The highest BCUT2D eigenvalue weighted by molar-refractivity contribution is 7.90. The minimum Gasteiger partial charge on any atom is -0.268 e. The number of hydrogen-bond acceptors (Lipinski definition) is 2. The Bertz CT molecular complexity index is 550. The number of nitrogens with zero attached hydrogens (tertiary/aromatic N) is 1. The molecule has 1 aliphatic rings. The van der Waals surface area contributed by atoms with Crippen molar-refractivity contribution >= 4 is 15.9 Å². The lowest BCUT2D eigenvalue weighted by Crippen LogP contribution is -2.34. The first-order valence-electron chi connectivity index (χ1n) is 5.25. The van der Waals surface area contributed by atoms with E-state index in [2.05, 4.69) is 0 Å². The molecule has 100 valence electrons. The van der Waals surface area contributed by atoms with Gasteiger partial charge in [0.15, 0.2) is 0 Å². The normalized spacial score (nSPS) is 21.2. The average Bonchev–Trinajstić information content (AvgIpc) is 2.70. The summed E-state index contributed by atoms with van der Waals surface area (Å²) in [6.07, 6.45) is -1.09. The van der Waals surface area contributed by atoms with E-state index >= 15 is 0 Å². The molecule has 0 unspecified atom stereocenters. The fraction of sp³-hybridized carbons (Fsp3) is 0.400. The molecule has 2 rings (SSSR count). The zero-order valence-corrected chi connectivity index (χ0v) is 10.1. The molecule has 1 atom stereocenters. The maximum absolute atomic E-state index is 13.3. The van der Waals surface area contributed by atoms with Gasteiger partial charge in [0.25, 0.3) is 0 Å². The predicted molar refractivity (Wildman–Crippen MR) is 60.0 cm³/mol. The first kappa shape index (κ1) is 13.2. The summed E-state index contributed by atoms with van der Waals surface area (Å²) in [5, 5.41) is 0.